The average molecular weight is 286 g/mol. The second-order valence-electron chi connectivity index (χ2n) is 4.44. The monoisotopic (exact) mass is 286 g/mol. The zero-order valence-corrected chi connectivity index (χ0v) is 10.9. The molecule has 0 atom stereocenters. The zero-order chi connectivity index (χ0) is 15.1. The molecule has 6 heteroatoms. The van der Waals surface area contributed by atoms with Gasteiger partial charge in [-0.05, 0) is 18.2 Å². The van der Waals surface area contributed by atoms with E-state index in [1.807, 2.05) is 0 Å². The lowest BCUT2D eigenvalue weighted by molar-refractivity contribution is 0.0694. The molecule has 1 aromatic heterocycles. The van der Waals surface area contributed by atoms with Crippen LogP contribution in [0.3, 0.4) is 0 Å². The smallest absolute Gasteiger partial charge is 0.348 e. The van der Waals surface area contributed by atoms with Crippen molar-refractivity contribution < 1.29 is 24.2 Å². The Labute approximate surface area is 117 Å². The fourth-order valence-electron chi connectivity index (χ4n) is 2.28. The predicted octanol–water partition coefficient (Wildman–Crippen LogP) is 2.36. The van der Waals surface area contributed by atoms with Crippen LogP contribution in [0.1, 0.15) is 10.4 Å². The molecule has 0 aliphatic carbocycles. The normalized spacial score (nSPS) is 10.9. The SMILES string of the molecule is COc1ccc2c(c1)oc(=O)c1c(O)c(C(=O)O)ccc12. The van der Waals surface area contributed by atoms with Gasteiger partial charge in [0.15, 0.2) is 0 Å². The Morgan fingerprint density at radius 1 is 1.19 bits per heavy atom. The van der Waals surface area contributed by atoms with Crippen LogP contribution >= 0.6 is 0 Å². The van der Waals surface area contributed by atoms with Crippen LogP contribution in [0.4, 0.5) is 0 Å². The number of aromatic hydroxyl groups is 1. The van der Waals surface area contributed by atoms with Crippen LogP contribution in [0.25, 0.3) is 21.7 Å². The molecular weight excluding hydrogens is 276 g/mol. The summed E-state index contributed by atoms with van der Waals surface area (Å²) in [5, 5.41) is 19.8. The Morgan fingerprint density at radius 3 is 2.57 bits per heavy atom. The van der Waals surface area contributed by atoms with Gasteiger partial charge in [0, 0.05) is 16.8 Å². The summed E-state index contributed by atoms with van der Waals surface area (Å²) in [6.45, 7) is 0. The number of hydrogen-bond acceptors (Lipinski definition) is 5. The summed E-state index contributed by atoms with van der Waals surface area (Å²) in [6, 6.07) is 7.65. The van der Waals surface area contributed by atoms with Crippen LogP contribution in [0.15, 0.2) is 39.5 Å². The first-order valence-corrected chi connectivity index (χ1v) is 6.02. The number of carboxylic acid groups (broad SMARTS) is 1. The first-order valence-electron chi connectivity index (χ1n) is 6.02. The third-order valence-corrected chi connectivity index (χ3v) is 3.29. The molecule has 0 aliphatic rings. The number of carboxylic acids is 1. The van der Waals surface area contributed by atoms with Crippen molar-refractivity contribution in [2.75, 3.05) is 7.11 Å². The van der Waals surface area contributed by atoms with E-state index in [1.165, 1.54) is 19.2 Å². The van der Waals surface area contributed by atoms with Crippen molar-refractivity contribution in [1.82, 2.24) is 0 Å². The van der Waals surface area contributed by atoms with Crippen LogP contribution in [0, 0.1) is 0 Å². The van der Waals surface area contributed by atoms with Gasteiger partial charge in [-0.2, -0.15) is 0 Å². The quantitative estimate of drug-likeness (QED) is 0.554. The van der Waals surface area contributed by atoms with Gasteiger partial charge < -0.3 is 19.4 Å². The maximum Gasteiger partial charge on any atom is 0.348 e. The largest absolute Gasteiger partial charge is 0.506 e. The molecular formula is C15H10O6. The highest BCUT2D eigenvalue weighted by atomic mass is 16.5. The summed E-state index contributed by atoms with van der Waals surface area (Å²) < 4.78 is 10.2. The van der Waals surface area contributed by atoms with E-state index in [-0.39, 0.29) is 10.9 Å². The predicted molar refractivity (Wildman–Crippen MR) is 75.2 cm³/mol. The van der Waals surface area contributed by atoms with Crippen LogP contribution < -0.4 is 10.4 Å². The highest BCUT2D eigenvalue weighted by Crippen LogP contribution is 2.32. The van der Waals surface area contributed by atoms with Crippen molar-refractivity contribution in [3.8, 4) is 11.5 Å². The van der Waals surface area contributed by atoms with Gasteiger partial charge in [0.1, 0.15) is 28.0 Å². The molecule has 0 spiro atoms. The highest BCUT2D eigenvalue weighted by molar-refractivity contribution is 6.09. The lowest BCUT2D eigenvalue weighted by Crippen LogP contribution is -2.04. The van der Waals surface area contributed by atoms with E-state index >= 15 is 0 Å². The molecule has 0 bridgehead atoms. The zero-order valence-electron chi connectivity index (χ0n) is 10.9. The van der Waals surface area contributed by atoms with Gasteiger partial charge in [-0.25, -0.2) is 9.59 Å². The van der Waals surface area contributed by atoms with E-state index in [0.29, 0.717) is 22.1 Å². The first-order chi connectivity index (χ1) is 10.0. The van der Waals surface area contributed by atoms with Crippen molar-refractivity contribution in [1.29, 1.82) is 0 Å². The van der Waals surface area contributed by atoms with Gasteiger partial charge >= 0.3 is 11.6 Å². The number of benzene rings is 2. The van der Waals surface area contributed by atoms with Crippen molar-refractivity contribution >= 4 is 27.7 Å². The molecule has 3 rings (SSSR count). The molecule has 2 N–H and O–H groups in total. The van der Waals surface area contributed by atoms with Gasteiger partial charge in [0.25, 0.3) is 0 Å². The van der Waals surface area contributed by atoms with Crippen LogP contribution in [-0.2, 0) is 0 Å². The van der Waals surface area contributed by atoms with Crippen molar-refractivity contribution in [3.63, 3.8) is 0 Å². The van der Waals surface area contributed by atoms with E-state index < -0.39 is 17.3 Å². The first kappa shape index (κ1) is 13.0. The summed E-state index contributed by atoms with van der Waals surface area (Å²) in [5.74, 6) is -1.38. The Hall–Kier alpha value is -3.02. The van der Waals surface area contributed by atoms with Gasteiger partial charge in [-0.15, -0.1) is 0 Å². The Balaban J connectivity index is 2.49. The van der Waals surface area contributed by atoms with Gasteiger partial charge in [0.05, 0.1) is 7.11 Å². The second kappa shape index (κ2) is 4.52. The number of ether oxygens (including phenoxy) is 1. The van der Waals surface area contributed by atoms with E-state index in [4.69, 9.17) is 14.3 Å². The van der Waals surface area contributed by atoms with Gasteiger partial charge in [0.2, 0.25) is 0 Å². The Bertz CT molecular complexity index is 938. The summed E-state index contributed by atoms with van der Waals surface area (Å²) in [5.41, 5.74) is -0.844. The fourth-order valence-corrected chi connectivity index (χ4v) is 2.28. The third-order valence-electron chi connectivity index (χ3n) is 3.29. The summed E-state index contributed by atoms with van der Waals surface area (Å²) >= 11 is 0. The number of rotatable bonds is 2. The minimum atomic E-state index is -1.32. The highest BCUT2D eigenvalue weighted by Gasteiger charge is 2.18. The van der Waals surface area contributed by atoms with Crippen molar-refractivity contribution in [2.24, 2.45) is 0 Å². The maximum absolute atomic E-state index is 12.0. The van der Waals surface area contributed by atoms with E-state index in [1.54, 1.807) is 18.2 Å². The van der Waals surface area contributed by atoms with Gasteiger partial charge in [-0.1, -0.05) is 6.07 Å². The summed E-state index contributed by atoms with van der Waals surface area (Å²) in [7, 11) is 1.49. The van der Waals surface area contributed by atoms with Crippen molar-refractivity contribution in [2.45, 2.75) is 0 Å². The molecule has 3 aromatic rings. The topological polar surface area (TPSA) is 97.0 Å². The average Bonchev–Trinajstić information content (AvgIpc) is 2.46. The number of hydrogen-bond donors (Lipinski definition) is 2. The molecule has 0 unspecified atom stereocenters. The van der Waals surface area contributed by atoms with Gasteiger partial charge in [-0.3, -0.25) is 0 Å². The molecule has 0 saturated heterocycles. The summed E-state index contributed by atoms with van der Waals surface area (Å²) in [6.07, 6.45) is 0. The molecule has 1 heterocycles. The van der Waals surface area contributed by atoms with Crippen LogP contribution in [0.5, 0.6) is 11.5 Å². The number of phenols is 1. The molecule has 106 valence electrons. The summed E-state index contributed by atoms with van der Waals surface area (Å²) in [4.78, 5) is 23.0. The second-order valence-corrected chi connectivity index (χ2v) is 4.44. The molecule has 0 radical (unpaired) electrons. The Kier molecular flexibility index (Phi) is 2.79. The lowest BCUT2D eigenvalue weighted by Gasteiger charge is -2.07. The standard InChI is InChI=1S/C15H10O6/c1-20-7-2-3-8-9-4-5-10(14(17)18)13(16)12(9)15(19)21-11(8)6-7/h2-6,16H,1H3,(H,17,18). The van der Waals surface area contributed by atoms with E-state index in [0.717, 1.165) is 0 Å². The van der Waals surface area contributed by atoms with E-state index in [2.05, 4.69) is 0 Å². The van der Waals surface area contributed by atoms with Crippen LogP contribution in [-0.4, -0.2) is 23.3 Å². The Morgan fingerprint density at radius 2 is 1.90 bits per heavy atom. The number of fused-ring (bicyclic) bond motifs is 3. The molecule has 21 heavy (non-hydrogen) atoms. The minimum Gasteiger partial charge on any atom is -0.506 e. The number of methoxy groups -OCH3 is 1. The third kappa shape index (κ3) is 1.88. The lowest BCUT2D eigenvalue weighted by atomic mass is 10.0. The molecule has 6 nitrogen and oxygen atoms in total. The van der Waals surface area contributed by atoms with Crippen LogP contribution in [0.2, 0.25) is 0 Å². The minimum absolute atomic E-state index is 0.146. The molecule has 0 fully saturated rings. The van der Waals surface area contributed by atoms with Crippen molar-refractivity contribution in [3.05, 3.63) is 46.3 Å². The molecule has 2 aromatic carbocycles. The number of carbonyl (C=O) groups is 1. The fraction of sp³-hybridized carbons (Fsp3) is 0.0667. The maximum atomic E-state index is 12.0. The van der Waals surface area contributed by atoms with E-state index in [9.17, 15) is 14.7 Å². The number of aromatic carboxylic acids is 1. The molecule has 0 amide bonds. The molecule has 0 saturated carbocycles. The molecule has 0 aliphatic heterocycles.